The molecule has 0 spiro atoms. The topological polar surface area (TPSA) is 12.9 Å². The molecule has 3 heteroatoms. The van der Waals surface area contributed by atoms with Crippen molar-refractivity contribution in [3.63, 3.8) is 0 Å². The van der Waals surface area contributed by atoms with Gasteiger partial charge in [0.05, 0.1) is 11.4 Å². The smallest absolute Gasteiger partial charge is 0.147 e. The minimum Gasteiger partial charge on any atom is -0.252 e. The second kappa shape index (κ2) is 3.17. The highest BCUT2D eigenvalue weighted by atomic mass is 19.1. The van der Waals surface area contributed by atoms with Crippen LogP contribution in [0.3, 0.4) is 0 Å². The zero-order chi connectivity index (χ0) is 9.30. The lowest BCUT2D eigenvalue weighted by Crippen LogP contribution is -2.01. The fourth-order valence-electron chi connectivity index (χ4n) is 0.982. The Bertz CT molecular complexity index is 295. The van der Waals surface area contributed by atoms with E-state index < -0.39 is 11.6 Å². The number of pyridine rings is 1. The molecule has 12 heavy (non-hydrogen) atoms. The van der Waals surface area contributed by atoms with E-state index in [1.54, 1.807) is 0 Å². The van der Waals surface area contributed by atoms with Crippen LogP contribution in [0.1, 0.15) is 31.2 Å². The van der Waals surface area contributed by atoms with Crippen molar-refractivity contribution in [3.8, 4) is 0 Å². The number of aryl methyl sites for hydroxylation is 1. The van der Waals surface area contributed by atoms with Gasteiger partial charge < -0.3 is 0 Å². The van der Waals surface area contributed by atoms with Crippen LogP contribution < -0.4 is 0 Å². The van der Waals surface area contributed by atoms with E-state index >= 15 is 0 Å². The molecule has 0 radical (unpaired) electrons. The van der Waals surface area contributed by atoms with Crippen molar-refractivity contribution in [1.29, 1.82) is 0 Å². The fourth-order valence-corrected chi connectivity index (χ4v) is 0.982. The van der Waals surface area contributed by atoms with Crippen LogP contribution >= 0.6 is 0 Å². The van der Waals surface area contributed by atoms with E-state index in [0.717, 1.165) is 6.07 Å². The van der Waals surface area contributed by atoms with Crippen LogP contribution in [-0.4, -0.2) is 4.98 Å². The molecule has 0 bridgehead atoms. The maximum absolute atomic E-state index is 13.0. The Morgan fingerprint density at radius 2 is 1.83 bits per heavy atom. The van der Waals surface area contributed by atoms with E-state index in [1.807, 2.05) is 13.8 Å². The minimum absolute atomic E-state index is 0.00991. The average molecular weight is 171 g/mol. The van der Waals surface area contributed by atoms with Crippen molar-refractivity contribution in [2.24, 2.45) is 0 Å². The van der Waals surface area contributed by atoms with Gasteiger partial charge in [-0.1, -0.05) is 13.8 Å². The first-order valence-electron chi connectivity index (χ1n) is 3.85. The molecule has 0 aliphatic carbocycles. The number of aromatic nitrogens is 1. The zero-order valence-electron chi connectivity index (χ0n) is 7.36. The van der Waals surface area contributed by atoms with Gasteiger partial charge in [0.2, 0.25) is 0 Å². The molecule has 1 aromatic heterocycles. The number of hydrogen-bond acceptors (Lipinski definition) is 1. The summed E-state index contributed by atoms with van der Waals surface area (Å²) in [5.74, 6) is -1.16. The van der Waals surface area contributed by atoms with Crippen molar-refractivity contribution >= 4 is 0 Å². The molecule has 0 amide bonds. The standard InChI is InChI=1S/C9H11F2N/c1-5(2)9-8(11)4-7(10)6(3)12-9/h4-5H,1-3H3. The summed E-state index contributed by atoms with van der Waals surface area (Å²) in [5, 5.41) is 0. The molecule has 1 rings (SSSR count). The minimum atomic E-state index is -0.586. The van der Waals surface area contributed by atoms with Gasteiger partial charge in [-0.05, 0) is 12.8 Å². The maximum Gasteiger partial charge on any atom is 0.147 e. The SMILES string of the molecule is Cc1nc(C(C)C)c(F)cc1F. The number of rotatable bonds is 1. The Morgan fingerprint density at radius 3 is 2.33 bits per heavy atom. The molecule has 0 atom stereocenters. The molecule has 1 heterocycles. The van der Waals surface area contributed by atoms with Gasteiger partial charge in [0, 0.05) is 6.07 Å². The first kappa shape index (κ1) is 9.10. The van der Waals surface area contributed by atoms with Crippen LogP contribution in [0.4, 0.5) is 8.78 Å². The quantitative estimate of drug-likeness (QED) is 0.633. The van der Waals surface area contributed by atoms with Gasteiger partial charge in [-0.15, -0.1) is 0 Å². The summed E-state index contributed by atoms with van der Waals surface area (Å²) in [5.41, 5.74) is 0.578. The molecular formula is C9H11F2N. The summed E-state index contributed by atoms with van der Waals surface area (Å²) in [6.07, 6.45) is 0. The second-order valence-corrected chi connectivity index (χ2v) is 3.08. The van der Waals surface area contributed by atoms with E-state index in [9.17, 15) is 8.78 Å². The molecule has 0 aliphatic rings. The van der Waals surface area contributed by atoms with Crippen LogP contribution in [-0.2, 0) is 0 Å². The van der Waals surface area contributed by atoms with Crippen LogP contribution in [0.15, 0.2) is 6.07 Å². The van der Waals surface area contributed by atoms with Gasteiger partial charge in [-0.3, -0.25) is 4.98 Å². The van der Waals surface area contributed by atoms with Crippen LogP contribution in [0, 0.1) is 18.6 Å². The molecule has 1 aromatic rings. The molecule has 0 saturated heterocycles. The van der Waals surface area contributed by atoms with Crippen LogP contribution in [0.2, 0.25) is 0 Å². The lowest BCUT2D eigenvalue weighted by molar-refractivity contribution is 0.541. The van der Waals surface area contributed by atoms with E-state index in [2.05, 4.69) is 4.98 Å². The van der Waals surface area contributed by atoms with Gasteiger partial charge in [0.25, 0.3) is 0 Å². The third kappa shape index (κ3) is 1.60. The van der Waals surface area contributed by atoms with Gasteiger partial charge in [0.1, 0.15) is 11.6 Å². The van der Waals surface area contributed by atoms with E-state index in [-0.39, 0.29) is 11.6 Å². The Kier molecular flexibility index (Phi) is 2.40. The highest BCUT2D eigenvalue weighted by Crippen LogP contribution is 2.17. The summed E-state index contributed by atoms with van der Waals surface area (Å²) in [6, 6.07) is 0.887. The second-order valence-electron chi connectivity index (χ2n) is 3.08. The maximum atomic E-state index is 13.0. The molecule has 1 nitrogen and oxygen atoms in total. The molecule has 0 aromatic carbocycles. The Morgan fingerprint density at radius 1 is 1.25 bits per heavy atom. The van der Waals surface area contributed by atoms with E-state index in [0.29, 0.717) is 5.69 Å². The summed E-state index contributed by atoms with van der Waals surface area (Å²) in [4.78, 5) is 3.82. The first-order chi connectivity index (χ1) is 5.52. The first-order valence-corrected chi connectivity index (χ1v) is 3.85. The predicted octanol–water partition coefficient (Wildman–Crippen LogP) is 2.79. The van der Waals surface area contributed by atoms with Crippen LogP contribution in [0.5, 0.6) is 0 Å². The Labute approximate surface area is 70.4 Å². The fraction of sp³-hybridized carbons (Fsp3) is 0.444. The van der Waals surface area contributed by atoms with Gasteiger partial charge in [-0.2, -0.15) is 0 Å². The van der Waals surface area contributed by atoms with Gasteiger partial charge >= 0.3 is 0 Å². The Hall–Kier alpha value is -0.990. The molecule has 0 aliphatic heterocycles. The van der Waals surface area contributed by atoms with Gasteiger partial charge in [0.15, 0.2) is 0 Å². The molecule has 0 unspecified atom stereocenters. The summed E-state index contributed by atoms with van der Waals surface area (Å²) < 4.78 is 25.7. The lowest BCUT2D eigenvalue weighted by atomic mass is 10.1. The molecular weight excluding hydrogens is 160 g/mol. The zero-order valence-corrected chi connectivity index (χ0v) is 7.36. The summed E-state index contributed by atoms with van der Waals surface area (Å²) in [7, 11) is 0. The largest absolute Gasteiger partial charge is 0.252 e. The van der Waals surface area contributed by atoms with E-state index in [4.69, 9.17) is 0 Å². The van der Waals surface area contributed by atoms with Crippen molar-refractivity contribution < 1.29 is 8.78 Å². The number of nitrogens with zero attached hydrogens (tertiary/aromatic N) is 1. The average Bonchev–Trinajstić information content (AvgIpc) is 1.96. The highest BCUT2D eigenvalue weighted by molar-refractivity contribution is 5.16. The summed E-state index contributed by atoms with van der Waals surface area (Å²) >= 11 is 0. The monoisotopic (exact) mass is 171 g/mol. The van der Waals surface area contributed by atoms with Crippen molar-refractivity contribution in [2.45, 2.75) is 26.7 Å². The van der Waals surface area contributed by atoms with Crippen LogP contribution in [0.25, 0.3) is 0 Å². The normalized spacial score (nSPS) is 10.8. The predicted molar refractivity (Wildman–Crippen MR) is 43.0 cm³/mol. The number of hydrogen-bond donors (Lipinski definition) is 0. The third-order valence-electron chi connectivity index (χ3n) is 1.68. The molecule has 0 saturated carbocycles. The lowest BCUT2D eigenvalue weighted by Gasteiger charge is -2.06. The third-order valence-corrected chi connectivity index (χ3v) is 1.68. The summed E-state index contributed by atoms with van der Waals surface area (Å²) in [6.45, 7) is 5.17. The number of halogens is 2. The van der Waals surface area contributed by atoms with Gasteiger partial charge in [-0.25, -0.2) is 8.78 Å². The van der Waals surface area contributed by atoms with E-state index in [1.165, 1.54) is 6.92 Å². The highest BCUT2D eigenvalue weighted by Gasteiger charge is 2.11. The van der Waals surface area contributed by atoms with Crippen molar-refractivity contribution in [1.82, 2.24) is 4.98 Å². The van der Waals surface area contributed by atoms with Crippen molar-refractivity contribution in [2.75, 3.05) is 0 Å². The van der Waals surface area contributed by atoms with Crippen molar-refractivity contribution in [3.05, 3.63) is 29.1 Å². The molecule has 0 fully saturated rings. The molecule has 66 valence electrons. The Balaban J connectivity index is 3.23. The molecule has 0 N–H and O–H groups in total.